The van der Waals surface area contributed by atoms with Gasteiger partial charge in [0, 0.05) is 12.4 Å². The van der Waals surface area contributed by atoms with Crippen LogP contribution in [-0.2, 0) is 11.3 Å². The van der Waals surface area contributed by atoms with Crippen molar-refractivity contribution in [1.29, 1.82) is 0 Å². The Labute approximate surface area is 103 Å². The van der Waals surface area contributed by atoms with E-state index in [1.165, 1.54) is 12.1 Å². The number of carbonyl (C=O) groups excluding carboxylic acids is 1. The van der Waals surface area contributed by atoms with E-state index in [9.17, 15) is 9.18 Å². The molecular formula is C13H11FN2O2. The zero-order chi connectivity index (χ0) is 13.0. The number of hydrogen-bond donors (Lipinski definition) is 1. The van der Waals surface area contributed by atoms with Gasteiger partial charge in [0.1, 0.15) is 12.4 Å². The van der Waals surface area contributed by atoms with E-state index in [-0.39, 0.29) is 17.9 Å². The summed E-state index contributed by atoms with van der Waals surface area (Å²) in [7, 11) is 0. The molecule has 5 heteroatoms. The van der Waals surface area contributed by atoms with E-state index in [1.54, 1.807) is 24.5 Å². The number of nitrogen functional groups attached to an aromatic ring is 1. The molecule has 0 aliphatic carbocycles. The number of anilines is 1. The van der Waals surface area contributed by atoms with Crippen molar-refractivity contribution in [1.82, 2.24) is 4.98 Å². The lowest BCUT2D eigenvalue weighted by molar-refractivity contribution is 0.0472. The van der Waals surface area contributed by atoms with Crippen molar-refractivity contribution in [3.8, 4) is 0 Å². The van der Waals surface area contributed by atoms with Crippen molar-refractivity contribution in [3.05, 3.63) is 59.7 Å². The second kappa shape index (κ2) is 5.27. The molecule has 0 amide bonds. The summed E-state index contributed by atoms with van der Waals surface area (Å²) in [5.74, 6) is -1.22. The molecule has 0 atom stereocenters. The highest BCUT2D eigenvalue weighted by molar-refractivity contribution is 5.89. The van der Waals surface area contributed by atoms with Gasteiger partial charge in [0.05, 0.1) is 11.3 Å². The topological polar surface area (TPSA) is 65.2 Å². The second-order valence-electron chi connectivity index (χ2n) is 3.67. The molecule has 4 nitrogen and oxygen atoms in total. The van der Waals surface area contributed by atoms with Gasteiger partial charge < -0.3 is 10.5 Å². The predicted octanol–water partition coefficient (Wildman–Crippen LogP) is 2.16. The first-order valence-electron chi connectivity index (χ1n) is 5.28. The van der Waals surface area contributed by atoms with Crippen molar-refractivity contribution in [2.75, 3.05) is 5.73 Å². The van der Waals surface area contributed by atoms with Gasteiger partial charge in [0.2, 0.25) is 0 Å². The van der Waals surface area contributed by atoms with Gasteiger partial charge in [-0.2, -0.15) is 0 Å². The van der Waals surface area contributed by atoms with Crippen molar-refractivity contribution < 1.29 is 13.9 Å². The molecule has 0 aliphatic heterocycles. The fourth-order valence-corrected chi connectivity index (χ4v) is 1.37. The Balaban J connectivity index is 2.02. The Morgan fingerprint density at radius 2 is 2.00 bits per heavy atom. The summed E-state index contributed by atoms with van der Waals surface area (Å²) in [6.45, 7) is 0.118. The van der Waals surface area contributed by atoms with E-state index in [2.05, 4.69) is 4.98 Å². The number of aromatic nitrogens is 1. The van der Waals surface area contributed by atoms with Gasteiger partial charge in [-0.3, -0.25) is 4.98 Å². The molecule has 0 fully saturated rings. The van der Waals surface area contributed by atoms with Crippen LogP contribution < -0.4 is 5.73 Å². The summed E-state index contributed by atoms with van der Waals surface area (Å²) in [5.41, 5.74) is 6.27. The summed E-state index contributed by atoms with van der Waals surface area (Å²) in [5, 5.41) is 0. The number of hydrogen-bond acceptors (Lipinski definition) is 4. The molecule has 0 bridgehead atoms. The third kappa shape index (κ3) is 2.82. The van der Waals surface area contributed by atoms with Crippen LogP contribution in [0, 0.1) is 5.82 Å². The lowest BCUT2D eigenvalue weighted by Gasteiger charge is -2.05. The zero-order valence-corrected chi connectivity index (χ0v) is 9.47. The molecule has 0 spiro atoms. The first-order chi connectivity index (χ1) is 8.66. The fourth-order valence-electron chi connectivity index (χ4n) is 1.37. The Kier molecular flexibility index (Phi) is 3.52. The van der Waals surface area contributed by atoms with Gasteiger partial charge in [0.25, 0.3) is 0 Å². The Morgan fingerprint density at radius 3 is 2.67 bits per heavy atom. The minimum absolute atomic E-state index is 0.000633. The highest BCUT2D eigenvalue weighted by atomic mass is 19.1. The van der Waals surface area contributed by atoms with E-state index in [0.29, 0.717) is 0 Å². The fraction of sp³-hybridized carbons (Fsp3) is 0.0769. The van der Waals surface area contributed by atoms with Gasteiger partial charge in [-0.1, -0.05) is 0 Å². The van der Waals surface area contributed by atoms with Crippen LogP contribution >= 0.6 is 0 Å². The molecule has 0 radical (unpaired) electrons. The molecule has 18 heavy (non-hydrogen) atoms. The summed E-state index contributed by atoms with van der Waals surface area (Å²) in [4.78, 5) is 15.5. The Bertz CT molecular complexity index is 558. The van der Waals surface area contributed by atoms with Gasteiger partial charge in [0.15, 0.2) is 0 Å². The Hall–Kier alpha value is -2.43. The van der Waals surface area contributed by atoms with Crippen LogP contribution in [-0.4, -0.2) is 11.0 Å². The molecule has 0 saturated carbocycles. The monoisotopic (exact) mass is 246 g/mol. The molecule has 0 saturated heterocycles. The number of pyridine rings is 1. The van der Waals surface area contributed by atoms with Crippen LogP contribution in [0.15, 0.2) is 42.7 Å². The third-order valence-electron chi connectivity index (χ3n) is 2.36. The van der Waals surface area contributed by atoms with Crippen molar-refractivity contribution in [2.24, 2.45) is 0 Å². The maximum atomic E-state index is 13.2. The maximum absolute atomic E-state index is 13.2. The number of nitrogens with two attached hydrogens (primary N) is 1. The summed E-state index contributed by atoms with van der Waals surface area (Å²) >= 11 is 0. The highest BCUT2D eigenvalue weighted by Crippen LogP contribution is 2.13. The number of carbonyl (C=O) groups is 1. The molecule has 1 aromatic heterocycles. The molecule has 2 aromatic rings. The molecule has 1 aromatic carbocycles. The van der Waals surface area contributed by atoms with E-state index in [4.69, 9.17) is 10.5 Å². The lowest BCUT2D eigenvalue weighted by atomic mass is 10.2. The minimum Gasteiger partial charge on any atom is -0.457 e. The van der Waals surface area contributed by atoms with E-state index >= 15 is 0 Å². The number of rotatable bonds is 3. The predicted molar refractivity (Wildman–Crippen MR) is 64.2 cm³/mol. The average Bonchev–Trinajstić information content (AvgIpc) is 2.40. The van der Waals surface area contributed by atoms with Crippen LogP contribution in [0.3, 0.4) is 0 Å². The molecule has 92 valence electrons. The smallest absolute Gasteiger partial charge is 0.338 e. The van der Waals surface area contributed by atoms with Gasteiger partial charge in [-0.05, 0) is 35.9 Å². The van der Waals surface area contributed by atoms with Crippen LogP contribution in [0.5, 0.6) is 0 Å². The van der Waals surface area contributed by atoms with Gasteiger partial charge in [-0.25, -0.2) is 9.18 Å². The van der Waals surface area contributed by atoms with Crippen LogP contribution in [0.4, 0.5) is 10.1 Å². The van der Waals surface area contributed by atoms with Crippen LogP contribution in [0.25, 0.3) is 0 Å². The standard InChI is InChI=1S/C13H11FN2O2/c14-11-7-10(1-2-12(11)15)13(17)18-8-9-3-5-16-6-4-9/h1-7H,8,15H2. The van der Waals surface area contributed by atoms with Crippen molar-refractivity contribution in [2.45, 2.75) is 6.61 Å². The summed E-state index contributed by atoms with van der Waals surface area (Å²) in [6, 6.07) is 7.28. The molecule has 0 aliphatic rings. The van der Waals surface area contributed by atoms with Crippen molar-refractivity contribution >= 4 is 11.7 Å². The largest absolute Gasteiger partial charge is 0.457 e. The van der Waals surface area contributed by atoms with Gasteiger partial charge >= 0.3 is 5.97 Å². The number of halogens is 1. The summed E-state index contributed by atoms with van der Waals surface area (Å²) in [6.07, 6.45) is 3.21. The average molecular weight is 246 g/mol. The SMILES string of the molecule is Nc1ccc(C(=O)OCc2ccncc2)cc1F. The van der Waals surface area contributed by atoms with E-state index in [1.807, 2.05) is 0 Å². The van der Waals surface area contributed by atoms with E-state index < -0.39 is 11.8 Å². The maximum Gasteiger partial charge on any atom is 0.338 e. The molecular weight excluding hydrogens is 235 g/mol. The first-order valence-corrected chi connectivity index (χ1v) is 5.28. The minimum atomic E-state index is -0.631. The second-order valence-corrected chi connectivity index (χ2v) is 3.67. The normalized spacial score (nSPS) is 10.1. The third-order valence-corrected chi connectivity index (χ3v) is 2.36. The number of benzene rings is 1. The molecule has 2 rings (SSSR count). The molecule has 2 N–H and O–H groups in total. The first kappa shape index (κ1) is 12.0. The van der Waals surface area contributed by atoms with Crippen LogP contribution in [0.1, 0.15) is 15.9 Å². The van der Waals surface area contributed by atoms with E-state index in [0.717, 1.165) is 11.6 Å². The van der Waals surface area contributed by atoms with Gasteiger partial charge in [-0.15, -0.1) is 0 Å². The number of esters is 1. The van der Waals surface area contributed by atoms with Crippen LogP contribution in [0.2, 0.25) is 0 Å². The Morgan fingerprint density at radius 1 is 1.28 bits per heavy atom. The number of ether oxygens (including phenoxy) is 1. The highest BCUT2D eigenvalue weighted by Gasteiger charge is 2.09. The van der Waals surface area contributed by atoms with Crippen molar-refractivity contribution in [3.63, 3.8) is 0 Å². The quantitative estimate of drug-likeness (QED) is 0.665. The zero-order valence-electron chi connectivity index (χ0n) is 9.47. The molecule has 1 heterocycles. The number of nitrogens with zero attached hydrogens (tertiary/aromatic N) is 1. The summed E-state index contributed by atoms with van der Waals surface area (Å²) < 4.78 is 18.2. The lowest BCUT2D eigenvalue weighted by Crippen LogP contribution is -2.06. The molecule has 0 unspecified atom stereocenters.